The Kier molecular flexibility index (Phi) is 4.67. The van der Waals surface area contributed by atoms with Crippen molar-refractivity contribution in [2.75, 3.05) is 0 Å². The first-order valence-electron chi connectivity index (χ1n) is 7.17. The van der Waals surface area contributed by atoms with Crippen LogP contribution in [-0.2, 0) is 6.42 Å². The van der Waals surface area contributed by atoms with Crippen LogP contribution >= 0.6 is 15.9 Å². The molecule has 1 saturated carbocycles. The molecule has 2 nitrogen and oxygen atoms in total. The Morgan fingerprint density at radius 2 is 2.11 bits per heavy atom. The first-order valence-corrected chi connectivity index (χ1v) is 7.96. The molecular weight excluding hydrogens is 302 g/mol. The van der Waals surface area contributed by atoms with E-state index in [1.54, 1.807) is 0 Å². The quantitative estimate of drug-likeness (QED) is 0.902. The summed E-state index contributed by atoms with van der Waals surface area (Å²) in [6.45, 7) is 6.77. The molecule has 0 aromatic carbocycles. The molecule has 0 aliphatic heterocycles. The van der Waals surface area contributed by atoms with Crippen molar-refractivity contribution in [3.05, 3.63) is 28.5 Å². The molecule has 0 amide bonds. The van der Waals surface area contributed by atoms with E-state index in [-0.39, 0.29) is 11.5 Å². The lowest BCUT2D eigenvalue weighted by molar-refractivity contribution is -0.0128. The number of nitrogens with zero attached hydrogens (tertiary/aromatic N) is 1. The van der Waals surface area contributed by atoms with Crippen molar-refractivity contribution in [2.24, 2.45) is 17.3 Å². The highest BCUT2D eigenvalue weighted by molar-refractivity contribution is 9.10. The highest BCUT2D eigenvalue weighted by Gasteiger charge is 2.38. The average molecular weight is 326 g/mol. The smallest absolute Gasteiger partial charge is 0.0576 e. The van der Waals surface area contributed by atoms with Crippen LogP contribution in [-0.4, -0.2) is 16.2 Å². The number of halogens is 1. The van der Waals surface area contributed by atoms with Gasteiger partial charge in [0.15, 0.2) is 0 Å². The predicted octanol–water partition coefficient (Wildman–Crippen LogP) is 4.21. The van der Waals surface area contributed by atoms with Gasteiger partial charge < -0.3 is 5.11 Å². The molecule has 1 aromatic heterocycles. The molecule has 0 saturated heterocycles. The lowest BCUT2D eigenvalue weighted by atomic mass is 9.65. The zero-order valence-electron chi connectivity index (χ0n) is 12.1. The van der Waals surface area contributed by atoms with Crippen molar-refractivity contribution < 1.29 is 5.11 Å². The Morgan fingerprint density at radius 1 is 1.37 bits per heavy atom. The summed E-state index contributed by atoms with van der Waals surface area (Å²) in [5, 5.41) is 10.4. The number of rotatable bonds is 3. The van der Waals surface area contributed by atoms with Crippen LogP contribution in [0.3, 0.4) is 0 Å². The average Bonchev–Trinajstić information content (AvgIpc) is 2.31. The highest BCUT2D eigenvalue weighted by atomic mass is 79.9. The summed E-state index contributed by atoms with van der Waals surface area (Å²) in [4.78, 5) is 4.47. The SMILES string of the molecule is CC1CCC(C(C)(C)Cc2ccc(Br)cn2)C(O)C1. The molecule has 0 radical (unpaired) electrons. The Morgan fingerprint density at radius 3 is 2.68 bits per heavy atom. The van der Waals surface area contributed by atoms with Crippen LogP contribution in [0.4, 0.5) is 0 Å². The van der Waals surface area contributed by atoms with Crippen LogP contribution in [0.15, 0.2) is 22.8 Å². The van der Waals surface area contributed by atoms with Crippen LogP contribution in [0.2, 0.25) is 0 Å². The standard InChI is InChI=1S/C16H24BrNO/c1-11-4-7-14(15(19)8-11)16(2,3)9-13-6-5-12(17)10-18-13/h5-6,10-11,14-15,19H,4,7-9H2,1-3H3. The maximum absolute atomic E-state index is 10.4. The molecule has 1 aliphatic carbocycles. The predicted molar refractivity (Wildman–Crippen MR) is 81.9 cm³/mol. The monoisotopic (exact) mass is 325 g/mol. The van der Waals surface area contributed by atoms with Crippen molar-refractivity contribution in [1.29, 1.82) is 0 Å². The second-order valence-electron chi connectivity index (χ2n) is 6.73. The van der Waals surface area contributed by atoms with Crippen LogP contribution in [0.25, 0.3) is 0 Å². The fraction of sp³-hybridized carbons (Fsp3) is 0.688. The number of hydrogen-bond donors (Lipinski definition) is 1. The Balaban J connectivity index is 2.07. The van der Waals surface area contributed by atoms with Crippen LogP contribution in [0.5, 0.6) is 0 Å². The molecule has 106 valence electrons. The Bertz CT molecular complexity index is 415. The number of hydrogen-bond acceptors (Lipinski definition) is 2. The zero-order chi connectivity index (χ0) is 14.0. The van der Waals surface area contributed by atoms with Gasteiger partial charge in [-0.3, -0.25) is 4.98 Å². The van der Waals surface area contributed by atoms with Gasteiger partial charge in [-0.2, -0.15) is 0 Å². The lowest BCUT2D eigenvalue weighted by Gasteiger charge is -2.42. The summed E-state index contributed by atoms with van der Waals surface area (Å²) in [5.74, 6) is 1.04. The van der Waals surface area contributed by atoms with Crippen molar-refractivity contribution in [3.8, 4) is 0 Å². The van der Waals surface area contributed by atoms with Crippen molar-refractivity contribution in [3.63, 3.8) is 0 Å². The third-order valence-electron chi connectivity index (χ3n) is 4.51. The maximum Gasteiger partial charge on any atom is 0.0576 e. The molecule has 3 atom stereocenters. The molecule has 1 fully saturated rings. The zero-order valence-corrected chi connectivity index (χ0v) is 13.7. The van der Waals surface area contributed by atoms with Gasteiger partial charge >= 0.3 is 0 Å². The summed E-state index contributed by atoms with van der Waals surface area (Å²) in [6, 6.07) is 4.11. The first-order chi connectivity index (χ1) is 8.88. The largest absolute Gasteiger partial charge is 0.393 e. The molecule has 3 unspecified atom stereocenters. The highest BCUT2D eigenvalue weighted by Crippen LogP contribution is 2.42. The lowest BCUT2D eigenvalue weighted by Crippen LogP contribution is -2.39. The van der Waals surface area contributed by atoms with Gasteiger partial charge in [0.2, 0.25) is 0 Å². The van der Waals surface area contributed by atoms with E-state index in [1.807, 2.05) is 12.3 Å². The third kappa shape index (κ3) is 3.79. The number of aromatic nitrogens is 1. The van der Waals surface area contributed by atoms with Gasteiger partial charge in [0, 0.05) is 16.4 Å². The minimum Gasteiger partial charge on any atom is -0.393 e. The maximum atomic E-state index is 10.4. The summed E-state index contributed by atoms with van der Waals surface area (Å²) in [7, 11) is 0. The summed E-state index contributed by atoms with van der Waals surface area (Å²) in [5.41, 5.74) is 1.21. The van der Waals surface area contributed by atoms with E-state index >= 15 is 0 Å². The first kappa shape index (κ1) is 15.0. The van der Waals surface area contributed by atoms with Crippen molar-refractivity contribution >= 4 is 15.9 Å². The van der Waals surface area contributed by atoms with Crippen molar-refractivity contribution in [1.82, 2.24) is 4.98 Å². The molecule has 0 spiro atoms. The van der Waals surface area contributed by atoms with Gasteiger partial charge in [-0.05, 0) is 64.6 Å². The van der Waals surface area contributed by atoms with Crippen LogP contribution in [0, 0.1) is 17.3 Å². The van der Waals surface area contributed by atoms with Crippen molar-refractivity contribution in [2.45, 2.75) is 52.6 Å². The molecule has 2 rings (SSSR count). The molecule has 3 heteroatoms. The van der Waals surface area contributed by atoms with Crippen LogP contribution < -0.4 is 0 Å². The molecule has 19 heavy (non-hydrogen) atoms. The third-order valence-corrected chi connectivity index (χ3v) is 4.98. The minimum atomic E-state index is -0.158. The summed E-state index contributed by atoms with van der Waals surface area (Å²) in [6.07, 6.45) is 5.93. The second-order valence-corrected chi connectivity index (χ2v) is 7.64. The van der Waals surface area contributed by atoms with Crippen LogP contribution in [0.1, 0.15) is 45.7 Å². The van der Waals surface area contributed by atoms with Gasteiger partial charge in [0.1, 0.15) is 0 Å². The molecule has 1 aliphatic rings. The fourth-order valence-corrected chi connectivity index (χ4v) is 3.61. The van der Waals surface area contributed by atoms with Gasteiger partial charge in [-0.1, -0.05) is 27.2 Å². The summed E-state index contributed by atoms with van der Waals surface area (Å²) < 4.78 is 1.01. The number of aliphatic hydroxyl groups is 1. The molecule has 1 N–H and O–H groups in total. The van der Waals surface area contributed by atoms with E-state index in [9.17, 15) is 5.11 Å². The normalized spacial score (nSPS) is 28.4. The molecule has 1 heterocycles. The van der Waals surface area contributed by atoms with E-state index in [4.69, 9.17) is 0 Å². The topological polar surface area (TPSA) is 33.1 Å². The molecular formula is C16H24BrNO. The Labute approximate surface area is 124 Å². The van der Waals surface area contributed by atoms with E-state index in [0.717, 1.165) is 29.4 Å². The number of aliphatic hydroxyl groups excluding tert-OH is 1. The molecule has 1 aromatic rings. The van der Waals surface area contributed by atoms with E-state index in [2.05, 4.69) is 47.8 Å². The summed E-state index contributed by atoms with van der Waals surface area (Å²) >= 11 is 3.42. The molecule has 0 bridgehead atoms. The Hall–Kier alpha value is -0.410. The van der Waals surface area contributed by atoms with Gasteiger partial charge in [-0.15, -0.1) is 0 Å². The van der Waals surface area contributed by atoms with E-state index < -0.39 is 0 Å². The minimum absolute atomic E-state index is 0.0976. The van der Waals surface area contributed by atoms with E-state index in [1.165, 1.54) is 6.42 Å². The van der Waals surface area contributed by atoms with Gasteiger partial charge in [0.25, 0.3) is 0 Å². The van der Waals surface area contributed by atoms with Gasteiger partial charge in [-0.25, -0.2) is 0 Å². The fourth-order valence-electron chi connectivity index (χ4n) is 3.37. The van der Waals surface area contributed by atoms with E-state index in [0.29, 0.717) is 11.8 Å². The number of pyridine rings is 1. The second kappa shape index (κ2) is 5.92. The van der Waals surface area contributed by atoms with Gasteiger partial charge in [0.05, 0.1) is 6.10 Å².